The number of sulfonamides is 1. The molecule has 30 heavy (non-hydrogen) atoms. The number of nitrogens with zero attached hydrogens (tertiary/aromatic N) is 1. The van der Waals surface area contributed by atoms with Crippen LogP contribution >= 0.6 is 0 Å². The first kappa shape index (κ1) is 20.5. The van der Waals surface area contributed by atoms with Gasteiger partial charge in [0.15, 0.2) is 0 Å². The fourth-order valence-electron chi connectivity index (χ4n) is 4.02. The third-order valence-electron chi connectivity index (χ3n) is 5.68. The highest BCUT2D eigenvalue weighted by molar-refractivity contribution is 7.92. The summed E-state index contributed by atoms with van der Waals surface area (Å²) in [5.74, 6) is 0. The number of aromatic nitrogens is 1. The molecule has 1 aromatic heterocycles. The molecule has 0 bridgehead atoms. The zero-order valence-corrected chi connectivity index (χ0v) is 19.0. The Labute approximate surface area is 178 Å². The molecule has 0 aliphatic rings. The molecule has 4 aromatic rings. The molecule has 0 aliphatic carbocycles. The van der Waals surface area contributed by atoms with Gasteiger partial charge in [0.2, 0.25) is 0 Å². The van der Waals surface area contributed by atoms with Crippen molar-refractivity contribution in [3.8, 4) is 0 Å². The van der Waals surface area contributed by atoms with E-state index in [9.17, 15) is 8.42 Å². The van der Waals surface area contributed by atoms with Gasteiger partial charge >= 0.3 is 0 Å². The van der Waals surface area contributed by atoms with Gasteiger partial charge in [0.05, 0.1) is 4.90 Å². The van der Waals surface area contributed by atoms with Gasteiger partial charge in [-0.2, -0.15) is 0 Å². The highest BCUT2D eigenvalue weighted by Gasteiger charge is 2.22. The molecule has 0 aliphatic heterocycles. The first-order chi connectivity index (χ1) is 14.1. The smallest absolute Gasteiger partial charge is 0.262 e. The highest BCUT2D eigenvalue weighted by Crippen LogP contribution is 2.32. The van der Waals surface area contributed by atoms with Crippen molar-refractivity contribution >= 4 is 37.5 Å². The summed E-state index contributed by atoms with van der Waals surface area (Å²) < 4.78 is 31.5. The Morgan fingerprint density at radius 1 is 0.900 bits per heavy atom. The predicted molar refractivity (Wildman–Crippen MR) is 126 cm³/mol. The molecule has 1 heterocycles. The van der Waals surface area contributed by atoms with Crippen LogP contribution < -0.4 is 4.72 Å². The Kier molecular flexibility index (Phi) is 4.89. The van der Waals surface area contributed by atoms with Crippen LogP contribution in [0.4, 0.5) is 5.69 Å². The summed E-state index contributed by atoms with van der Waals surface area (Å²) in [5.41, 5.74) is 4.44. The van der Waals surface area contributed by atoms with Crippen molar-refractivity contribution in [2.45, 2.75) is 51.5 Å². The van der Waals surface area contributed by atoms with Crippen LogP contribution in [0.5, 0.6) is 0 Å². The maximum atomic E-state index is 13.2. The molecular weight excluding hydrogens is 392 g/mol. The average molecular weight is 421 g/mol. The van der Waals surface area contributed by atoms with Gasteiger partial charge in [-0.25, -0.2) is 8.42 Å². The second-order valence-electron chi connectivity index (χ2n) is 8.83. The second kappa shape index (κ2) is 7.17. The molecular formula is C25H28N2O2S. The number of nitrogens with one attached hydrogen (secondary N) is 1. The van der Waals surface area contributed by atoms with Crippen molar-refractivity contribution in [2.24, 2.45) is 0 Å². The largest absolute Gasteiger partial charge is 0.341 e. The molecule has 0 radical (unpaired) electrons. The lowest BCUT2D eigenvalue weighted by atomic mass is 9.87. The van der Waals surface area contributed by atoms with Gasteiger partial charge in [0.1, 0.15) is 0 Å². The maximum absolute atomic E-state index is 13.2. The number of hydrogen-bond acceptors (Lipinski definition) is 2. The van der Waals surface area contributed by atoms with Gasteiger partial charge in [-0.05, 0) is 60.7 Å². The van der Waals surface area contributed by atoms with Crippen molar-refractivity contribution in [3.05, 3.63) is 71.8 Å². The van der Waals surface area contributed by atoms with E-state index in [2.05, 4.69) is 49.1 Å². The molecule has 5 heteroatoms. The van der Waals surface area contributed by atoms with Gasteiger partial charge in [0, 0.05) is 34.0 Å². The predicted octanol–water partition coefficient (Wildman–Crippen LogP) is 6.22. The molecule has 0 spiro atoms. The maximum Gasteiger partial charge on any atom is 0.262 e. The van der Waals surface area contributed by atoms with Crippen molar-refractivity contribution in [2.75, 3.05) is 4.72 Å². The first-order valence-electron chi connectivity index (χ1n) is 10.3. The van der Waals surface area contributed by atoms with E-state index in [1.165, 1.54) is 0 Å². The zero-order chi connectivity index (χ0) is 21.7. The Bertz CT molecular complexity index is 1360. The Morgan fingerprint density at radius 2 is 1.60 bits per heavy atom. The number of benzene rings is 3. The van der Waals surface area contributed by atoms with E-state index in [0.717, 1.165) is 39.5 Å². The molecule has 4 rings (SSSR count). The molecule has 0 unspecified atom stereocenters. The van der Waals surface area contributed by atoms with Crippen molar-refractivity contribution in [3.63, 3.8) is 0 Å². The van der Waals surface area contributed by atoms with E-state index >= 15 is 0 Å². The van der Waals surface area contributed by atoms with Crippen LogP contribution in [0.2, 0.25) is 0 Å². The number of anilines is 1. The van der Waals surface area contributed by atoms with Gasteiger partial charge < -0.3 is 4.57 Å². The van der Waals surface area contributed by atoms with Crippen molar-refractivity contribution in [1.82, 2.24) is 4.57 Å². The normalized spacial score (nSPS) is 12.6. The summed E-state index contributed by atoms with van der Waals surface area (Å²) in [6, 6.07) is 19.7. The third-order valence-corrected chi connectivity index (χ3v) is 7.21. The van der Waals surface area contributed by atoms with E-state index in [0.29, 0.717) is 10.6 Å². The summed E-state index contributed by atoms with van der Waals surface area (Å²) in [6.45, 7) is 11.1. The monoisotopic (exact) mass is 420 g/mol. The van der Waals surface area contributed by atoms with Crippen LogP contribution in [-0.2, 0) is 22.0 Å². The van der Waals surface area contributed by atoms with E-state index in [1.54, 1.807) is 6.07 Å². The van der Waals surface area contributed by atoms with Gasteiger partial charge in [-0.15, -0.1) is 0 Å². The lowest BCUT2D eigenvalue weighted by Gasteiger charge is -2.21. The zero-order valence-electron chi connectivity index (χ0n) is 18.2. The quantitative estimate of drug-likeness (QED) is 0.426. The minimum atomic E-state index is -3.70. The number of fused-ring (bicyclic) bond motifs is 3. The third kappa shape index (κ3) is 3.47. The Balaban J connectivity index is 1.80. The van der Waals surface area contributed by atoms with E-state index in [1.807, 2.05) is 49.4 Å². The van der Waals surface area contributed by atoms with Crippen molar-refractivity contribution in [1.29, 1.82) is 0 Å². The number of para-hydroxylation sites is 1. The number of aryl methyl sites for hydroxylation is 2. The Hall–Kier alpha value is -2.79. The van der Waals surface area contributed by atoms with Gasteiger partial charge in [-0.3, -0.25) is 4.72 Å². The fraction of sp³-hybridized carbons (Fsp3) is 0.280. The van der Waals surface area contributed by atoms with Crippen LogP contribution in [0, 0.1) is 6.92 Å². The van der Waals surface area contributed by atoms with Crippen LogP contribution in [-0.4, -0.2) is 13.0 Å². The van der Waals surface area contributed by atoms with Gasteiger partial charge in [-0.1, -0.05) is 51.1 Å². The molecule has 1 N–H and O–H groups in total. The summed E-state index contributed by atoms with van der Waals surface area (Å²) >= 11 is 0. The molecule has 156 valence electrons. The average Bonchev–Trinajstić information content (AvgIpc) is 3.00. The first-order valence-corrected chi connectivity index (χ1v) is 11.7. The molecule has 0 amide bonds. The van der Waals surface area contributed by atoms with Crippen LogP contribution in [0.1, 0.15) is 38.8 Å². The van der Waals surface area contributed by atoms with E-state index in [-0.39, 0.29) is 5.41 Å². The summed E-state index contributed by atoms with van der Waals surface area (Å²) in [5, 5.41) is 2.18. The summed E-state index contributed by atoms with van der Waals surface area (Å²) in [6.07, 6.45) is 0. The highest BCUT2D eigenvalue weighted by atomic mass is 32.2. The minimum Gasteiger partial charge on any atom is -0.341 e. The molecule has 3 aromatic carbocycles. The summed E-state index contributed by atoms with van der Waals surface area (Å²) in [7, 11) is -3.70. The van der Waals surface area contributed by atoms with Gasteiger partial charge in [0.25, 0.3) is 10.0 Å². The minimum absolute atomic E-state index is 0.126. The topological polar surface area (TPSA) is 51.1 Å². The number of hydrogen-bond donors (Lipinski definition) is 1. The molecule has 0 saturated heterocycles. The number of rotatable bonds is 4. The lowest BCUT2D eigenvalue weighted by Crippen LogP contribution is -2.17. The fourth-order valence-corrected chi connectivity index (χ4v) is 5.35. The second-order valence-corrected chi connectivity index (χ2v) is 10.5. The van der Waals surface area contributed by atoms with Crippen LogP contribution in [0.3, 0.4) is 0 Å². The van der Waals surface area contributed by atoms with E-state index in [4.69, 9.17) is 0 Å². The Morgan fingerprint density at radius 3 is 2.30 bits per heavy atom. The van der Waals surface area contributed by atoms with Crippen molar-refractivity contribution < 1.29 is 8.42 Å². The molecule has 0 fully saturated rings. The lowest BCUT2D eigenvalue weighted by molar-refractivity contribution is 0.584. The molecule has 0 atom stereocenters. The van der Waals surface area contributed by atoms with Crippen LogP contribution in [0.25, 0.3) is 21.8 Å². The molecule has 0 saturated carbocycles. The molecule has 4 nitrogen and oxygen atoms in total. The van der Waals surface area contributed by atoms with Crippen LogP contribution in [0.15, 0.2) is 65.6 Å². The standard InChI is InChI=1S/C25H28N2O2S/c1-6-27-22-10-8-7-9-20(22)21-16-19(13-14-23(21)27)26-30(28,29)24-15-18(25(3,4)5)12-11-17(24)2/h7-16,26H,6H2,1-5H3. The van der Waals surface area contributed by atoms with E-state index < -0.39 is 10.0 Å². The SMILES string of the molecule is CCn1c2ccccc2c2cc(NS(=O)(=O)c3cc(C(C)(C)C)ccc3C)ccc21. The summed E-state index contributed by atoms with van der Waals surface area (Å²) in [4.78, 5) is 0.325.